The van der Waals surface area contributed by atoms with Crippen molar-refractivity contribution in [3.05, 3.63) is 70.2 Å². The lowest BCUT2D eigenvalue weighted by atomic mass is 9.89. The first-order chi connectivity index (χ1) is 12.1. The highest BCUT2D eigenvalue weighted by atomic mass is 35.5. The van der Waals surface area contributed by atoms with Gasteiger partial charge in [-0.25, -0.2) is 0 Å². The minimum absolute atomic E-state index is 0.0467. The quantitative estimate of drug-likeness (QED) is 0.617. The molecule has 1 fully saturated rings. The molecule has 128 valence electrons. The van der Waals surface area contributed by atoms with Gasteiger partial charge in [0.15, 0.2) is 5.78 Å². The van der Waals surface area contributed by atoms with Crippen LogP contribution >= 0.6 is 11.6 Å². The van der Waals surface area contributed by atoms with E-state index in [9.17, 15) is 14.4 Å². The Morgan fingerprint density at radius 3 is 2.28 bits per heavy atom. The van der Waals surface area contributed by atoms with Crippen molar-refractivity contribution in [2.45, 2.75) is 12.8 Å². The van der Waals surface area contributed by atoms with E-state index in [4.69, 9.17) is 11.6 Å². The van der Waals surface area contributed by atoms with Crippen LogP contribution in [-0.4, -0.2) is 36.0 Å². The van der Waals surface area contributed by atoms with Gasteiger partial charge < -0.3 is 4.90 Å². The first-order valence-corrected chi connectivity index (χ1v) is 8.60. The second-order valence-electron chi connectivity index (χ2n) is 6.20. The lowest BCUT2D eigenvalue weighted by Crippen LogP contribution is -2.42. The van der Waals surface area contributed by atoms with Gasteiger partial charge in [-0.15, -0.1) is 0 Å². The Morgan fingerprint density at radius 2 is 1.64 bits per heavy atom. The predicted octanol–water partition coefficient (Wildman–Crippen LogP) is 3.89. The fraction of sp³-hybridized carbons (Fsp3) is 0.250. The normalized spacial score (nSPS) is 17.2. The van der Waals surface area contributed by atoms with Crippen molar-refractivity contribution in [2.24, 2.45) is 5.92 Å². The van der Waals surface area contributed by atoms with Crippen LogP contribution in [0.3, 0.4) is 0 Å². The second-order valence-corrected chi connectivity index (χ2v) is 6.64. The summed E-state index contributed by atoms with van der Waals surface area (Å²) in [4.78, 5) is 37.8. The first kappa shape index (κ1) is 17.4. The lowest BCUT2D eigenvalue weighted by molar-refractivity contribution is 0.0636. The number of carbonyl (C=O) groups is 3. The fourth-order valence-electron chi connectivity index (χ4n) is 3.11. The van der Waals surface area contributed by atoms with Gasteiger partial charge in [-0.05, 0) is 49.2 Å². The molecular formula is C20H18ClNO3. The zero-order valence-corrected chi connectivity index (χ0v) is 14.4. The van der Waals surface area contributed by atoms with E-state index < -0.39 is 0 Å². The van der Waals surface area contributed by atoms with E-state index in [2.05, 4.69) is 0 Å². The van der Waals surface area contributed by atoms with E-state index in [1.54, 1.807) is 53.4 Å². The van der Waals surface area contributed by atoms with Gasteiger partial charge in [0.2, 0.25) is 0 Å². The Kier molecular flexibility index (Phi) is 5.29. The van der Waals surface area contributed by atoms with Gasteiger partial charge >= 0.3 is 0 Å². The SMILES string of the molecule is O=Cc1ccc(C(=O)N2CCCC(C(=O)c3ccc(Cl)cc3)C2)cc1. The van der Waals surface area contributed by atoms with Crippen molar-refractivity contribution in [3.8, 4) is 0 Å². The molecule has 1 saturated heterocycles. The summed E-state index contributed by atoms with van der Waals surface area (Å²) in [6, 6.07) is 13.4. The molecule has 0 aliphatic carbocycles. The third-order valence-corrected chi connectivity index (χ3v) is 4.75. The molecule has 0 N–H and O–H groups in total. The third kappa shape index (κ3) is 3.97. The molecule has 0 saturated carbocycles. The lowest BCUT2D eigenvalue weighted by Gasteiger charge is -2.32. The topological polar surface area (TPSA) is 54.5 Å². The zero-order valence-electron chi connectivity index (χ0n) is 13.7. The van der Waals surface area contributed by atoms with E-state index >= 15 is 0 Å². The number of piperidine rings is 1. The number of aldehydes is 1. The highest BCUT2D eigenvalue weighted by Gasteiger charge is 2.29. The molecule has 0 radical (unpaired) electrons. The molecule has 25 heavy (non-hydrogen) atoms. The number of benzene rings is 2. The fourth-order valence-corrected chi connectivity index (χ4v) is 3.24. The Balaban J connectivity index is 1.71. The smallest absolute Gasteiger partial charge is 0.253 e. The van der Waals surface area contributed by atoms with Crippen molar-refractivity contribution in [2.75, 3.05) is 13.1 Å². The van der Waals surface area contributed by atoms with Gasteiger partial charge in [0, 0.05) is 40.7 Å². The van der Waals surface area contributed by atoms with Crippen LogP contribution in [0.5, 0.6) is 0 Å². The summed E-state index contributed by atoms with van der Waals surface area (Å²) in [6.45, 7) is 1.05. The van der Waals surface area contributed by atoms with Gasteiger partial charge in [-0.3, -0.25) is 14.4 Å². The van der Waals surface area contributed by atoms with Crippen LogP contribution in [-0.2, 0) is 0 Å². The van der Waals surface area contributed by atoms with Crippen LogP contribution in [0.2, 0.25) is 5.02 Å². The monoisotopic (exact) mass is 355 g/mol. The molecule has 1 amide bonds. The Labute approximate surface area is 151 Å². The number of hydrogen-bond acceptors (Lipinski definition) is 3. The number of nitrogens with zero attached hydrogens (tertiary/aromatic N) is 1. The molecule has 0 spiro atoms. The van der Waals surface area contributed by atoms with Crippen molar-refractivity contribution in [1.82, 2.24) is 4.90 Å². The molecule has 2 aromatic carbocycles. The molecule has 3 rings (SSSR count). The maximum atomic E-state index is 12.7. The average molecular weight is 356 g/mol. The number of halogens is 1. The molecule has 1 heterocycles. The molecule has 5 heteroatoms. The summed E-state index contributed by atoms with van der Waals surface area (Å²) >= 11 is 5.87. The van der Waals surface area contributed by atoms with Crippen LogP contribution < -0.4 is 0 Å². The van der Waals surface area contributed by atoms with Crippen LogP contribution in [0.25, 0.3) is 0 Å². The summed E-state index contributed by atoms with van der Waals surface area (Å²) in [7, 11) is 0. The summed E-state index contributed by atoms with van der Waals surface area (Å²) in [5.41, 5.74) is 1.69. The van der Waals surface area contributed by atoms with E-state index in [0.717, 1.165) is 19.1 Å². The Bertz CT molecular complexity index is 784. The molecule has 0 bridgehead atoms. The molecule has 2 aromatic rings. The number of rotatable bonds is 4. The van der Waals surface area contributed by atoms with Gasteiger partial charge in [-0.2, -0.15) is 0 Å². The standard InChI is InChI=1S/C20H18ClNO3/c21-18-9-7-15(8-10-18)19(24)17-2-1-11-22(12-17)20(25)16-5-3-14(13-23)4-6-16/h3-10,13,17H,1-2,11-12H2. The van der Waals surface area contributed by atoms with Gasteiger partial charge in [0.05, 0.1) is 0 Å². The van der Waals surface area contributed by atoms with Gasteiger partial charge in [0.1, 0.15) is 6.29 Å². The summed E-state index contributed by atoms with van der Waals surface area (Å²) < 4.78 is 0. The maximum Gasteiger partial charge on any atom is 0.253 e. The van der Waals surface area contributed by atoms with Crippen LogP contribution in [0.4, 0.5) is 0 Å². The van der Waals surface area contributed by atoms with Crippen LogP contribution in [0, 0.1) is 5.92 Å². The largest absolute Gasteiger partial charge is 0.338 e. The average Bonchev–Trinajstić information content (AvgIpc) is 2.67. The molecule has 1 aliphatic heterocycles. The molecule has 1 atom stereocenters. The summed E-state index contributed by atoms with van der Waals surface area (Å²) in [5.74, 6) is -0.260. The van der Waals surface area contributed by atoms with Gasteiger partial charge in [-0.1, -0.05) is 23.7 Å². The van der Waals surface area contributed by atoms with E-state index in [0.29, 0.717) is 34.8 Å². The maximum absolute atomic E-state index is 12.7. The van der Waals surface area contributed by atoms with Crippen molar-refractivity contribution in [3.63, 3.8) is 0 Å². The zero-order chi connectivity index (χ0) is 17.8. The summed E-state index contributed by atoms with van der Waals surface area (Å²) in [6.07, 6.45) is 2.31. The van der Waals surface area contributed by atoms with Crippen molar-refractivity contribution in [1.29, 1.82) is 0 Å². The van der Waals surface area contributed by atoms with E-state index in [-0.39, 0.29) is 17.6 Å². The molecule has 1 aliphatic rings. The highest BCUT2D eigenvalue weighted by molar-refractivity contribution is 6.30. The Hall–Kier alpha value is -2.46. The van der Waals surface area contributed by atoms with Crippen LogP contribution in [0.15, 0.2) is 48.5 Å². The minimum atomic E-state index is -0.201. The minimum Gasteiger partial charge on any atom is -0.338 e. The van der Waals surface area contributed by atoms with Crippen LogP contribution in [0.1, 0.15) is 43.9 Å². The highest BCUT2D eigenvalue weighted by Crippen LogP contribution is 2.23. The van der Waals surface area contributed by atoms with Gasteiger partial charge in [0.25, 0.3) is 5.91 Å². The molecule has 0 aromatic heterocycles. The number of likely N-dealkylation sites (tertiary alicyclic amines) is 1. The van der Waals surface area contributed by atoms with E-state index in [1.165, 1.54) is 0 Å². The van der Waals surface area contributed by atoms with E-state index in [1.807, 2.05) is 0 Å². The third-order valence-electron chi connectivity index (χ3n) is 4.50. The Morgan fingerprint density at radius 1 is 1.00 bits per heavy atom. The number of amides is 1. The molecule has 1 unspecified atom stereocenters. The number of hydrogen-bond donors (Lipinski definition) is 0. The predicted molar refractivity (Wildman–Crippen MR) is 96.2 cm³/mol. The van der Waals surface area contributed by atoms with Crippen molar-refractivity contribution >= 4 is 29.6 Å². The molecular weight excluding hydrogens is 338 g/mol. The van der Waals surface area contributed by atoms with Crippen molar-refractivity contribution < 1.29 is 14.4 Å². The number of carbonyl (C=O) groups excluding carboxylic acids is 3. The first-order valence-electron chi connectivity index (χ1n) is 8.23. The molecule has 4 nitrogen and oxygen atoms in total. The summed E-state index contributed by atoms with van der Waals surface area (Å²) in [5, 5.41) is 0.593. The second kappa shape index (κ2) is 7.62. The number of Topliss-reactive ketones (excluding diaryl/α,β-unsaturated/α-hetero) is 1. The number of ketones is 1.